The maximum atomic E-state index is 11.7. The molecule has 3 aliphatic heterocycles. The molecule has 3 aliphatic rings. The minimum Gasteiger partial charge on any atom is -0.356 e. The Bertz CT molecular complexity index is 504. The fraction of sp³-hybridized carbons (Fsp3) is 0.688. The van der Waals surface area contributed by atoms with Crippen LogP contribution in [0.1, 0.15) is 38.5 Å². The molecule has 1 aromatic heterocycles. The molecule has 2 atom stereocenters. The quantitative estimate of drug-likeness (QED) is 0.834. The third-order valence-electron chi connectivity index (χ3n) is 4.71. The van der Waals surface area contributed by atoms with E-state index in [1.165, 1.54) is 19.3 Å². The topological polar surface area (TPSA) is 67.2 Å². The van der Waals surface area contributed by atoms with Gasteiger partial charge in [0.1, 0.15) is 0 Å². The summed E-state index contributed by atoms with van der Waals surface area (Å²) < 4.78 is 1.86. The maximum Gasteiger partial charge on any atom is 0.229 e. The number of aromatic nitrogens is 2. The number of carbonyl (C=O) groups is 2. The molecule has 120 valence electrons. The predicted molar refractivity (Wildman–Crippen MR) is 81.9 cm³/mol. The summed E-state index contributed by atoms with van der Waals surface area (Å²) in [5.41, 5.74) is 0. The summed E-state index contributed by atoms with van der Waals surface area (Å²) in [5, 5.41) is 6.94. The van der Waals surface area contributed by atoms with Crippen molar-refractivity contribution >= 4 is 11.8 Å². The van der Waals surface area contributed by atoms with Crippen molar-refractivity contribution in [2.75, 3.05) is 13.1 Å². The van der Waals surface area contributed by atoms with Crippen LogP contribution in [-0.4, -0.2) is 45.6 Å². The van der Waals surface area contributed by atoms with E-state index in [1.54, 1.807) is 6.20 Å². The van der Waals surface area contributed by atoms with Gasteiger partial charge in [-0.05, 0) is 31.7 Å². The van der Waals surface area contributed by atoms with E-state index in [1.807, 2.05) is 21.8 Å². The second kappa shape index (κ2) is 6.94. The summed E-state index contributed by atoms with van der Waals surface area (Å²) >= 11 is 0. The van der Waals surface area contributed by atoms with E-state index in [0.29, 0.717) is 11.9 Å². The lowest BCUT2D eigenvalue weighted by atomic mass is 9.88. The average Bonchev–Trinajstić information content (AvgIpc) is 3.13. The first-order valence-corrected chi connectivity index (χ1v) is 8.30. The van der Waals surface area contributed by atoms with E-state index < -0.39 is 0 Å². The molecule has 1 aromatic rings. The van der Waals surface area contributed by atoms with Crippen LogP contribution in [0.5, 0.6) is 0 Å². The number of nitrogens with one attached hydrogen (secondary N) is 1. The molecule has 4 heterocycles. The van der Waals surface area contributed by atoms with E-state index in [2.05, 4.69) is 10.4 Å². The number of carbonyl (C=O) groups excluding carboxylic acids is 2. The van der Waals surface area contributed by atoms with Crippen molar-refractivity contribution in [1.82, 2.24) is 20.0 Å². The number of rotatable bonds is 2. The molecule has 4 rings (SSSR count). The van der Waals surface area contributed by atoms with Crippen LogP contribution in [0.25, 0.3) is 0 Å². The van der Waals surface area contributed by atoms with Crippen molar-refractivity contribution in [3.8, 4) is 0 Å². The van der Waals surface area contributed by atoms with Gasteiger partial charge in [0.2, 0.25) is 11.8 Å². The van der Waals surface area contributed by atoms with Crippen molar-refractivity contribution < 1.29 is 9.59 Å². The molecule has 0 radical (unpaired) electrons. The Morgan fingerprint density at radius 3 is 2.95 bits per heavy atom. The molecule has 0 bridgehead atoms. The van der Waals surface area contributed by atoms with Gasteiger partial charge >= 0.3 is 0 Å². The summed E-state index contributed by atoms with van der Waals surface area (Å²) in [7, 11) is 0. The van der Waals surface area contributed by atoms with Crippen LogP contribution in [0.2, 0.25) is 0 Å². The van der Waals surface area contributed by atoms with Gasteiger partial charge in [-0.15, -0.1) is 0 Å². The van der Waals surface area contributed by atoms with Gasteiger partial charge < -0.3 is 10.2 Å². The highest BCUT2D eigenvalue weighted by atomic mass is 16.2. The van der Waals surface area contributed by atoms with Crippen LogP contribution in [0.4, 0.5) is 0 Å². The predicted octanol–water partition coefficient (Wildman–Crippen LogP) is 1.18. The summed E-state index contributed by atoms with van der Waals surface area (Å²) in [5.74, 6) is 0.739. The normalized spacial score (nSPS) is 27.2. The first kappa shape index (κ1) is 15.1. The van der Waals surface area contributed by atoms with Gasteiger partial charge in [0.25, 0.3) is 0 Å². The first-order valence-electron chi connectivity index (χ1n) is 8.30. The van der Waals surface area contributed by atoms with Gasteiger partial charge in [-0.25, -0.2) is 0 Å². The Labute approximate surface area is 130 Å². The van der Waals surface area contributed by atoms with E-state index >= 15 is 0 Å². The van der Waals surface area contributed by atoms with Gasteiger partial charge in [-0.2, -0.15) is 5.10 Å². The van der Waals surface area contributed by atoms with Crippen LogP contribution < -0.4 is 5.32 Å². The number of fused-ring (bicyclic) bond motifs is 1. The molecule has 6 nitrogen and oxygen atoms in total. The number of hydrogen-bond donors (Lipinski definition) is 1. The van der Waals surface area contributed by atoms with Crippen molar-refractivity contribution in [2.24, 2.45) is 5.92 Å². The van der Waals surface area contributed by atoms with E-state index in [4.69, 9.17) is 0 Å². The van der Waals surface area contributed by atoms with Crippen molar-refractivity contribution in [2.45, 2.75) is 51.1 Å². The van der Waals surface area contributed by atoms with E-state index in [-0.39, 0.29) is 11.8 Å². The molecule has 2 unspecified atom stereocenters. The molecule has 0 saturated carbocycles. The minimum absolute atomic E-state index is 0.192. The number of nitrogens with zero attached hydrogens (tertiary/aromatic N) is 3. The SMILES string of the molecule is O=C1C(Cn2cccn2)C2CCCN12.O=C1CCCCCN1. The average molecular weight is 304 g/mol. The van der Waals surface area contributed by atoms with Crippen LogP contribution in [0, 0.1) is 5.92 Å². The van der Waals surface area contributed by atoms with Crippen LogP contribution in [0.15, 0.2) is 18.5 Å². The fourth-order valence-electron chi connectivity index (χ4n) is 3.49. The van der Waals surface area contributed by atoms with Gasteiger partial charge in [-0.1, -0.05) is 6.42 Å². The zero-order valence-corrected chi connectivity index (χ0v) is 12.9. The van der Waals surface area contributed by atoms with Crippen molar-refractivity contribution in [3.63, 3.8) is 0 Å². The Kier molecular flexibility index (Phi) is 4.75. The highest BCUT2D eigenvalue weighted by Gasteiger charge is 2.49. The Balaban J connectivity index is 0.000000154. The highest BCUT2D eigenvalue weighted by Crippen LogP contribution is 2.36. The zero-order chi connectivity index (χ0) is 15.4. The summed E-state index contributed by atoms with van der Waals surface area (Å²) in [6.45, 7) is 2.62. The zero-order valence-electron chi connectivity index (χ0n) is 12.9. The van der Waals surface area contributed by atoms with Crippen LogP contribution in [0.3, 0.4) is 0 Å². The molecule has 2 amide bonds. The minimum atomic E-state index is 0.192. The lowest BCUT2D eigenvalue weighted by molar-refractivity contribution is -0.153. The Morgan fingerprint density at radius 1 is 1.23 bits per heavy atom. The monoisotopic (exact) mass is 304 g/mol. The number of amides is 2. The van der Waals surface area contributed by atoms with Crippen LogP contribution in [-0.2, 0) is 16.1 Å². The molecule has 6 heteroatoms. The van der Waals surface area contributed by atoms with E-state index in [9.17, 15) is 9.59 Å². The first-order chi connectivity index (χ1) is 10.8. The smallest absolute Gasteiger partial charge is 0.229 e. The summed E-state index contributed by atoms with van der Waals surface area (Å²) in [4.78, 5) is 24.2. The Hall–Kier alpha value is -1.85. The largest absolute Gasteiger partial charge is 0.356 e. The third kappa shape index (κ3) is 3.31. The molecule has 3 fully saturated rings. The van der Waals surface area contributed by atoms with Gasteiger partial charge in [0.15, 0.2) is 0 Å². The number of hydrogen-bond acceptors (Lipinski definition) is 3. The number of β-lactam (4-membered cyclic amide) rings is 1. The highest BCUT2D eigenvalue weighted by molar-refractivity contribution is 5.86. The summed E-state index contributed by atoms with van der Waals surface area (Å²) in [6, 6.07) is 2.40. The molecule has 3 saturated heterocycles. The lowest BCUT2D eigenvalue weighted by Crippen LogP contribution is -2.58. The van der Waals surface area contributed by atoms with Gasteiger partial charge in [0, 0.05) is 37.9 Å². The van der Waals surface area contributed by atoms with Gasteiger partial charge in [-0.3, -0.25) is 14.3 Å². The van der Waals surface area contributed by atoms with Gasteiger partial charge in [0.05, 0.1) is 12.5 Å². The fourth-order valence-corrected chi connectivity index (χ4v) is 3.49. The van der Waals surface area contributed by atoms with E-state index in [0.717, 1.165) is 38.9 Å². The molecule has 0 aliphatic carbocycles. The molecule has 0 aromatic carbocycles. The molecule has 22 heavy (non-hydrogen) atoms. The molecular weight excluding hydrogens is 280 g/mol. The van der Waals surface area contributed by atoms with Crippen molar-refractivity contribution in [1.29, 1.82) is 0 Å². The Morgan fingerprint density at radius 2 is 2.14 bits per heavy atom. The summed E-state index contributed by atoms with van der Waals surface area (Å²) in [6.07, 6.45) is 10.2. The lowest BCUT2D eigenvalue weighted by Gasteiger charge is -2.42. The second-order valence-corrected chi connectivity index (χ2v) is 6.24. The van der Waals surface area contributed by atoms with Crippen LogP contribution >= 0.6 is 0 Å². The molecule has 0 spiro atoms. The maximum absolute atomic E-state index is 11.7. The molecule has 1 N–H and O–H groups in total. The molecular formula is C16H24N4O2. The van der Waals surface area contributed by atoms with Crippen molar-refractivity contribution in [3.05, 3.63) is 18.5 Å². The second-order valence-electron chi connectivity index (χ2n) is 6.24. The standard InChI is InChI=1S/C10H13N3O.C6H11NO/c14-10-8(7-12-5-2-4-11-12)9-3-1-6-13(9)10;8-6-4-2-1-3-5-7-6/h2,4-5,8-9H,1,3,6-7H2;1-5H2,(H,7,8). The third-order valence-corrected chi connectivity index (χ3v) is 4.71.